The first-order chi connectivity index (χ1) is 8.72. The van der Waals surface area contributed by atoms with Gasteiger partial charge in [0.15, 0.2) is 0 Å². The molecule has 0 aliphatic carbocycles. The molecule has 0 aromatic heterocycles. The van der Waals surface area contributed by atoms with Crippen LogP contribution in [-0.2, 0) is 6.54 Å². The van der Waals surface area contributed by atoms with E-state index < -0.39 is 0 Å². The van der Waals surface area contributed by atoms with E-state index >= 15 is 0 Å². The Morgan fingerprint density at radius 2 is 2.17 bits per heavy atom. The van der Waals surface area contributed by atoms with E-state index in [4.69, 9.17) is 5.53 Å². The highest BCUT2D eigenvalue weighted by Crippen LogP contribution is 2.28. The molecular weight excluding hydrogens is 246 g/mol. The maximum absolute atomic E-state index is 8.39. The summed E-state index contributed by atoms with van der Waals surface area (Å²) in [6.45, 7) is 6.46. The molecule has 0 atom stereocenters. The fraction of sp³-hybridized carbons (Fsp3) is 0.500. The van der Waals surface area contributed by atoms with Crippen molar-refractivity contribution in [2.45, 2.75) is 18.4 Å². The Kier molecular flexibility index (Phi) is 4.36. The van der Waals surface area contributed by atoms with Crippen LogP contribution in [0.4, 0.5) is 5.69 Å². The summed E-state index contributed by atoms with van der Waals surface area (Å²) in [5.41, 5.74) is 11.8. The van der Waals surface area contributed by atoms with Crippen molar-refractivity contribution >= 4 is 18.3 Å². The molecule has 1 aliphatic rings. The highest BCUT2D eigenvalue weighted by Gasteiger charge is 2.14. The first-order valence-electron chi connectivity index (χ1n) is 6.01. The van der Waals surface area contributed by atoms with Gasteiger partial charge in [0.25, 0.3) is 0 Å². The average Bonchev–Trinajstić information content (AvgIpc) is 2.41. The molecule has 1 aliphatic heterocycles. The van der Waals surface area contributed by atoms with Crippen molar-refractivity contribution in [3.8, 4) is 0 Å². The highest BCUT2D eigenvalue weighted by molar-refractivity contribution is 7.80. The van der Waals surface area contributed by atoms with E-state index in [9.17, 15) is 0 Å². The maximum atomic E-state index is 8.39. The lowest BCUT2D eigenvalue weighted by Gasteiger charge is -2.31. The van der Waals surface area contributed by atoms with Crippen LogP contribution in [-0.4, -0.2) is 26.2 Å². The highest BCUT2D eigenvalue weighted by atomic mass is 32.1. The number of benzene rings is 1. The van der Waals surface area contributed by atoms with E-state index in [-0.39, 0.29) is 0 Å². The Labute approximate surface area is 112 Å². The molecule has 0 amide bonds. The van der Waals surface area contributed by atoms with Crippen LogP contribution >= 0.6 is 12.6 Å². The van der Waals surface area contributed by atoms with E-state index in [1.165, 1.54) is 11.3 Å². The third-order valence-corrected chi connectivity index (χ3v) is 3.65. The number of nitrogens with zero attached hydrogens (tertiary/aromatic N) is 4. The Hall–Kier alpha value is -1.36. The number of azide groups is 1. The third-order valence-electron chi connectivity index (χ3n) is 3.19. The van der Waals surface area contributed by atoms with Gasteiger partial charge >= 0.3 is 0 Å². The number of hydrogen-bond acceptors (Lipinski definition) is 4. The van der Waals surface area contributed by atoms with Crippen molar-refractivity contribution < 1.29 is 0 Å². The number of anilines is 1. The first-order valence-corrected chi connectivity index (χ1v) is 6.46. The zero-order valence-electron chi connectivity index (χ0n) is 10.4. The number of thiol groups is 1. The summed E-state index contributed by atoms with van der Waals surface area (Å²) in [5.74, 6) is 0. The lowest BCUT2D eigenvalue weighted by atomic mass is 10.1. The molecule has 1 aromatic rings. The van der Waals surface area contributed by atoms with Crippen molar-refractivity contribution in [2.75, 3.05) is 31.1 Å². The lowest BCUT2D eigenvalue weighted by molar-refractivity contribution is 0.588. The van der Waals surface area contributed by atoms with Gasteiger partial charge < -0.3 is 10.2 Å². The average molecular weight is 263 g/mol. The van der Waals surface area contributed by atoms with Crippen LogP contribution in [0.3, 0.4) is 0 Å². The quantitative estimate of drug-likeness (QED) is 0.381. The fourth-order valence-corrected chi connectivity index (χ4v) is 2.46. The second-order valence-corrected chi connectivity index (χ2v) is 4.87. The number of hydrogen-bond donors (Lipinski definition) is 2. The molecule has 0 spiro atoms. The maximum Gasteiger partial charge on any atom is 0.0512 e. The Morgan fingerprint density at radius 1 is 1.44 bits per heavy atom. The molecule has 0 saturated carbocycles. The molecule has 18 heavy (non-hydrogen) atoms. The Bertz CT molecular complexity index is 476. The predicted molar refractivity (Wildman–Crippen MR) is 76.4 cm³/mol. The van der Waals surface area contributed by atoms with Crippen LogP contribution < -0.4 is 10.2 Å². The number of rotatable bonds is 3. The molecule has 0 bridgehead atoms. The van der Waals surface area contributed by atoms with E-state index in [0.29, 0.717) is 6.54 Å². The Morgan fingerprint density at radius 3 is 2.83 bits per heavy atom. The van der Waals surface area contributed by atoms with Gasteiger partial charge in [-0.3, -0.25) is 0 Å². The minimum atomic E-state index is 0.378. The molecule has 1 heterocycles. The molecule has 5 nitrogen and oxygen atoms in total. The minimum absolute atomic E-state index is 0.378. The smallest absolute Gasteiger partial charge is 0.0512 e. The molecule has 96 valence electrons. The van der Waals surface area contributed by atoms with E-state index in [0.717, 1.165) is 36.6 Å². The number of nitrogens with one attached hydrogen (secondary N) is 1. The van der Waals surface area contributed by atoms with Crippen molar-refractivity contribution in [1.82, 2.24) is 5.32 Å². The van der Waals surface area contributed by atoms with Gasteiger partial charge in [0, 0.05) is 41.7 Å². The number of piperazine rings is 1. The summed E-state index contributed by atoms with van der Waals surface area (Å²) in [5, 5.41) is 6.95. The van der Waals surface area contributed by atoms with Gasteiger partial charge in [-0.1, -0.05) is 5.11 Å². The van der Waals surface area contributed by atoms with Crippen LogP contribution in [0.1, 0.15) is 11.1 Å². The summed E-state index contributed by atoms with van der Waals surface area (Å²) in [6, 6.07) is 4.08. The zero-order valence-corrected chi connectivity index (χ0v) is 11.3. The van der Waals surface area contributed by atoms with Gasteiger partial charge in [-0.25, -0.2) is 0 Å². The van der Waals surface area contributed by atoms with Gasteiger partial charge in [-0.05, 0) is 35.7 Å². The monoisotopic (exact) mass is 263 g/mol. The predicted octanol–water partition coefficient (Wildman–Crippen LogP) is 2.50. The van der Waals surface area contributed by atoms with Gasteiger partial charge in [-0.15, -0.1) is 12.6 Å². The van der Waals surface area contributed by atoms with Crippen LogP contribution in [0.5, 0.6) is 0 Å². The standard InChI is InChI=1S/C12H17N5S/c1-9-11(17-4-2-14-3-5-17)6-10(7-12(9)18)8-15-16-13/h6-7,14,18H,2-5,8H2,1H3. The van der Waals surface area contributed by atoms with Crippen LogP contribution in [0.25, 0.3) is 10.4 Å². The molecule has 1 fully saturated rings. The van der Waals surface area contributed by atoms with Crippen molar-refractivity contribution in [3.63, 3.8) is 0 Å². The molecule has 1 N–H and O–H groups in total. The largest absolute Gasteiger partial charge is 0.369 e. The lowest BCUT2D eigenvalue weighted by Crippen LogP contribution is -2.43. The van der Waals surface area contributed by atoms with Gasteiger partial charge in [0.1, 0.15) is 0 Å². The van der Waals surface area contributed by atoms with Crippen LogP contribution in [0, 0.1) is 6.92 Å². The summed E-state index contributed by atoms with van der Waals surface area (Å²) in [6.07, 6.45) is 0. The van der Waals surface area contributed by atoms with Gasteiger partial charge in [0.2, 0.25) is 0 Å². The van der Waals surface area contributed by atoms with Crippen molar-refractivity contribution in [3.05, 3.63) is 33.7 Å². The van der Waals surface area contributed by atoms with E-state index in [1.54, 1.807) is 0 Å². The zero-order chi connectivity index (χ0) is 13.0. The molecule has 0 radical (unpaired) electrons. The second kappa shape index (κ2) is 6.00. The topological polar surface area (TPSA) is 64.0 Å². The fourth-order valence-electron chi connectivity index (χ4n) is 2.18. The second-order valence-electron chi connectivity index (χ2n) is 4.39. The molecule has 0 unspecified atom stereocenters. The third kappa shape index (κ3) is 2.90. The molecule has 6 heteroatoms. The Balaban J connectivity index is 2.31. The molecular formula is C12H17N5S. The molecule has 2 rings (SSSR count). The van der Waals surface area contributed by atoms with Gasteiger partial charge in [-0.2, -0.15) is 0 Å². The normalized spacial score (nSPS) is 15.3. The first kappa shape index (κ1) is 13.1. The SMILES string of the molecule is Cc1c(S)cc(CN=[N+]=[N-])cc1N1CCNCC1. The van der Waals surface area contributed by atoms with Crippen LogP contribution in [0.15, 0.2) is 22.1 Å². The van der Waals surface area contributed by atoms with Crippen LogP contribution in [0.2, 0.25) is 0 Å². The molecule has 1 aromatic carbocycles. The van der Waals surface area contributed by atoms with Gasteiger partial charge in [0.05, 0.1) is 6.54 Å². The van der Waals surface area contributed by atoms with E-state index in [1.807, 2.05) is 6.07 Å². The summed E-state index contributed by atoms with van der Waals surface area (Å²) < 4.78 is 0. The summed E-state index contributed by atoms with van der Waals surface area (Å²) in [4.78, 5) is 6.11. The summed E-state index contributed by atoms with van der Waals surface area (Å²) in [7, 11) is 0. The molecule has 1 saturated heterocycles. The summed E-state index contributed by atoms with van der Waals surface area (Å²) >= 11 is 4.50. The van der Waals surface area contributed by atoms with Crippen molar-refractivity contribution in [1.29, 1.82) is 0 Å². The minimum Gasteiger partial charge on any atom is -0.369 e. The van der Waals surface area contributed by atoms with E-state index in [2.05, 4.69) is 45.9 Å². The van der Waals surface area contributed by atoms with Crippen molar-refractivity contribution in [2.24, 2.45) is 5.11 Å².